The van der Waals surface area contributed by atoms with Crippen LogP contribution in [0.1, 0.15) is 0 Å². The molecular weight excluding hydrogens is 118 g/mol. The molecule has 5 heteroatoms. The van der Waals surface area contributed by atoms with Crippen LogP contribution in [-0.2, 0) is 0 Å². The summed E-state index contributed by atoms with van der Waals surface area (Å²) in [7, 11) is 0. The van der Waals surface area contributed by atoms with Gasteiger partial charge in [0.05, 0.1) is 0 Å². The van der Waals surface area contributed by atoms with Crippen molar-refractivity contribution in [3.63, 3.8) is 0 Å². The Morgan fingerprint density at radius 3 is 1.33 bits per heavy atom. The topological polar surface area (TPSA) is 57.5 Å². The van der Waals surface area contributed by atoms with Gasteiger partial charge in [0.25, 0.3) is 0 Å². The molecule has 0 fully saturated rings. The van der Waals surface area contributed by atoms with Gasteiger partial charge in [-0.2, -0.15) is 0 Å². The summed E-state index contributed by atoms with van der Waals surface area (Å²) in [6.45, 7) is 0. The fraction of sp³-hybridized carbons (Fsp3) is 0. The van der Waals surface area contributed by atoms with Crippen molar-refractivity contribution in [2.45, 2.75) is 0 Å². The molecule has 34 valence electrons. The van der Waals surface area contributed by atoms with Crippen LogP contribution in [0.25, 0.3) is 0 Å². The third-order valence-corrected chi connectivity index (χ3v) is 0. The molecule has 0 amide bonds. The van der Waals surface area contributed by atoms with Crippen LogP contribution in [0, 0.1) is 0 Å². The second-order valence-corrected chi connectivity index (χ2v) is 0.283. The molecule has 0 aromatic rings. The Kier molecular flexibility index (Phi) is 24.5. The van der Waals surface area contributed by atoms with E-state index in [0.29, 0.717) is 0 Å². The average Bonchev–Trinajstić information content (AvgIpc) is 0.811. The fourth-order valence-corrected chi connectivity index (χ4v) is 0. The molecule has 0 aliphatic rings. The number of rotatable bonds is 0. The summed E-state index contributed by atoms with van der Waals surface area (Å²) in [6, 6.07) is 0. The van der Waals surface area contributed by atoms with E-state index in [-0.39, 0.29) is 56.1 Å². The summed E-state index contributed by atoms with van der Waals surface area (Å²) in [5.74, 6) is 0. The van der Waals surface area contributed by atoms with Gasteiger partial charge in [0.15, 0.2) is 0 Å². The van der Waals surface area contributed by atoms with Gasteiger partial charge in [-0.1, -0.05) is 0 Å². The van der Waals surface area contributed by atoms with Crippen molar-refractivity contribution in [2.75, 3.05) is 0 Å². The second kappa shape index (κ2) is 9.28. The summed E-state index contributed by atoms with van der Waals surface area (Å²) >= 11 is 0. The predicted octanol–water partition coefficient (Wildman–Crippen LogP) is -0.274. The normalized spacial score (nSPS) is 4.00. The number of hydrogen-bond donors (Lipinski definition) is 2. The van der Waals surface area contributed by atoms with Crippen LogP contribution in [0.2, 0.25) is 0 Å². The van der Waals surface area contributed by atoms with E-state index in [1.807, 2.05) is 0 Å². The van der Waals surface area contributed by atoms with Gasteiger partial charge in [0.2, 0.25) is 0 Å². The standard InChI is InChI=1S/CH2O3.FH.K.H/c2-1(3)4;;;/h(H2,2,3,4);1H;;. The van der Waals surface area contributed by atoms with Crippen LogP contribution in [-0.4, -0.2) is 67.8 Å². The van der Waals surface area contributed by atoms with Crippen molar-refractivity contribution in [3.8, 4) is 0 Å². The Bertz CT molecular complexity index is 33.8. The van der Waals surface area contributed by atoms with Gasteiger partial charge >= 0.3 is 57.5 Å². The van der Waals surface area contributed by atoms with Gasteiger partial charge in [-0.3, -0.25) is 4.70 Å². The Morgan fingerprint density at radius 2 is 1.33 bits per heavy atom. The van der Waals surface area contributed by atoms with E-state index in [2.05, 4.69) is 0 Å². The van der Waals surface area contributed by atoms with Gasteiger partial charge in [0.1, 0.15) is 0 Å². The fourth-order valence-electron chi connectivity index (χ4n) is 0. The molecule has 0 aliphatic heterocycles. The van der Waals surface area contributed by atoms with Gasteiger partial charge in [-0.25, -0.2) is 4.79 Å². The van der Waals surface area contributed by atoms with E-state index >= 15 is 0 Å². The minimum atomic E-state index is -1.83. The van der Waals surface area contributed by atoms with Gasteiger partial charge in [-0.15, -0.1) is 0 Å². The summed E-state index contributed by atoms with van der Waals surface area (Å²) < 4.78 is 0. The molecule has 0 bridgehead atoms. The van der Waals surface area contributed by atoms with Crippen LogP contribution in [0.3, 0.4) is 0 Å². The van der Waals surface area contributed by atoms with Crippen molar-refractivity contribution >= 4 is 57.5 Å². The zero-order chi connectivity index (χ0) is 3.58. The number of halogens is 1. The second-order valence-electron chi connectivity index (χ2n) is 0.283. The monoisotopic (exact) mass is 122 g/mol. The number of hydrogen-bond acceptors (Lipinski definition) is 1. The van der Waals surface area contributed by atoms with Crippen molar-refractivity contribution in [1.82, 2.24) is 0 Å². The molecular formula is CH4FKO3. The molecule has 6 heavy (non-hydrogen) atoms. The average molecular weight is 122 g/mol. The molecule has 0 aromatic heterocycles. The van der Waals surface area contributed by atoms with E-state index in [1.54, 1.807) is 0 Å². The first-order chi connectivity index (χ1) is 1.73. The summed E-state index contributed by atoms with van der Waals surface area (Å²) in [4.78, 5) is 8.56. The molecule has 3 nitrogen and oxygen atoms in total. The zero-order valence-corrected chi connectivity index (χ0v) is 2.21. The van der Waals surface area contributed by atoms with E-state index in [9.17, 15) is 0 Å². The van der Waals surface area contributed by atoms with Gasteiger partial charge in [0, 0.05) is 0 Å². The van der Waals surface area contributed by atoms with Crippen LogP contribution in [0.15, 0.2) is 0 Å². The summed E-state index contributed by atoms with van der Waals surface area (Å²) in [5.41, 5.74) is 0. The Morgan fingerprint density at radius 1 is 1.33 bits per heavy atom. The maximum atomic E-state index is 8.56. The van der Waals surface area contributed by atoms with Crippen LogP contribution >= 0.6 is 0 Å². The van der Waals surface area contributed by atoms with Gasteiger partial charge in [-0.05, 0) is 0 Å². The molecule has 0 heterocycles. The first-order valence-corrected chi connectivity index (χ1v) is 0.651. The molecule has 0 saturated heterocycles. The van der Waals surface area contributed by atoms with Crippen molar-refractivity contribution in [3.05, 3.63) is 0 Å². The van der Waals surface area contributed by atoms with E-state index in [1.165, 1.54) is 0 Å². The molecule has 0 unspecified atom stereocenters. The summed E-state index contributed by atoms with van der Waals surface area (Å²) in [5, 5.41) is 13.9. The predicted molar refractivity (Wildman–Crippen MR) is 20.3 cm³/mol. The number of carbonyl (C=O) groups is 1. The molecule has 0 aliphatic carbocycles. The SMILES string of the molecule is F.O=C(O)O.[KH]. The third-order valence-electron chi connectivity index (χ3n) is 0. The zero-order valence-electron chi connectivity index (χ0n) is 2.21. The van der Waals surface area contributed by atoms with Crippen LogP contribution < -0.4 is 0 Å². The maximum absolute atomic E-state index is 8.56. The van der Waals surface area contributed by atoms with Crippen molar-refractivity contribution in [1.29, 1.82) is 0 Å². The third kappa shape index (κ3) is 102. The molecule has 0 saturated carbocycles. The molecule has 2 N–H and O–H groups in total. The van der Waals surface area contributed by atoms with Crippen molar-refractivity contribution < 1.29 is 19.7 Å². The first kappa shape index (κ1) is 15.8. The van der Waals surface area contributed by atoms with E-state index in [4.69, 9.17) is 15.0 Å². The minimum absolute atomic E-state index is 0. The molecule has 0 atom stereocenters. The van der Waals surface area contributed by atoms with E-state index < -0.39 is 6.16 Å². The Labute approximate surface area is 76.1 Å². The van der Waals surface area contributed by atoms with E-state index in [0.717, 1.165) is 0 Å². The Balaban J connectivity index is -0.0000000450. The molecule has 0 aromatic carbocycles. The van der Waals surface area contributed by atoms with Crippen molar-refractivity contribution in [2.24, 2.45) is 0 Å². The summed E-state index contributed by atoms with van der Waals surface area (Å²) in [6.07, 6.45) is -1.83. The molecule has 0 spiro atoms. The molecule has 0 radical (unpaired) electrons. The Hall–Kier alpha value is 0.836. The van der Waals surface area contributed by atoms with Gasteiger partial charge < -0.3 is 10.2 Å². The first-order valence-electron chi connectivity index (χ1n) is 0.651. The van der Waals surface area contributed by atoms with Crippen LogP contribution in [0.5, 0.6) is 0 Å². The molecule has 0 rings (SSSR count). The van der Waals surface area contributed by atoms with Crippen LogP contribution in [0.4, 0.5) is 9.50 Å². The quantitative estimate of drug-likeness (QED) is 0.435. The number of carboxylic acid groups (broad SMARTS) is 2.